The Labute approximate surface area is 106 Å². The number of alkyl halides is 1. The summed E-state index contributed by atoms with van der Waals surface area (Å²) in [7, 11) is 0. The van der Waals surface area contributed by atoms with Gasteiger partial charge in [-0.3, -0.25) is 0 Å². The molecule has 94 valence electrons. The lowest BCUT2D eigenvalue weighted by molar-refractivity contribution is 0.0902. The summed E-state index contributed by atoms with van der Waals surface area (Å²) in [6.45, 7) is 2.16. The number of piperidine rings is 1. The van der Waals surface area contributed by atoms with Crippen LogP contribution in [0.2, 0.25) is 0 Å². The van der Waals surface area contributed by atoms with E-state index in [9.17, 15) is 4.39 Å². The van der Waals surface area contributed by atoms with Crippen LogP contribution in [0.25, 0.3) is 0 Å². The maximum atomic E-state index is 14.9. The van der Waals surface area contributed by atoms with E-state index in [0.29, 0.717) is 31.3 Å². The maximum Gasteiger partial charge on any atom is 0.118 e. The molecule has 1 nitrogen and oxygen atoms in total. The minimum absolute atomic E-state index is 0.435. The number of thiophene rings is 1. The van der Waals surface area contributed by atoms with Crippen molar-refractivity contribution < 1.29 is 4.39 Å². The first-order valence-corrected chi connectivity index (χ1v) is 7.51. The predicted molar refractivity (Wildman–Crippen MR) is 70.4 cm³/mol. The van der Waals surface area contributed by atoms with E-state index in [4.69, 9.17) is 0 Å². The minimum Gasteiger partial charge on any atom is -0.311 e. The van der Waals surface area contributed by atoms with Crippen molar-refractivity contribution in [3.8, 4) is 0 Å². The molecule has 2 aliphatic rings. The van der Waals surface area contributed by atoms with Crippen molar-refractivity contribution in [2.24, 2.45) is 0 Å². The van der Waals surface area contributed by atoms with Crippen molar-refractivity contribution in [2.75, 3.05) is 0 Å². The van der Waals surface area contributed by atoms with Gasteiger partial charge in [0.1, 0.15) is 5.67 Å². The smallest absolute Gasteiger partial charge is 0.118 e. The summed E-state index contributed by atoms with van der Waals surface area (Å²) >= 11 is 1.79. The lowest BCUT2D eigenvalue weighted by Gasteiger charge is -2.34. The van der Waals surface area contributed by atoms with E-state index in [1.165, 1.54) is 22.6 Å². The van der Waals surface area contributed by atoms with Crippen LogP contribution in [0.4, 0.5) is 4.39 Å². The average molecular weight is 253 g/mol. The Morgan fingerprint density at radius 1 is 1.29 bits per heavy atom. The number of rotatable bonds is 3. The lowest BCUT2D eigenvalue weighted by atomic mass is 9.86. The first kappa shape index (κ1) is 11.7. The van der Waals surface area contributed by atoms with Crippen molar-refractivity contribution in [1.29, 1.82) is 0 Å². The van der Waals surface area contributed by atoms with E-state index in [0.717, 1.165) is 6.42 Å². The van der Waals surface area contributed by atoms with E-state index in [-0.39, 0.29) is 0 Å². The molecule has 1 N–H and O–H groups in total. The van der Waals surface area contributed by atoms with Gasteiger partial charge in [0, 0.05) is 28.3 Å². The summed E-state index contributed by atoms with van der Waals surface area (Å²) in [5.41, 5.74) is -0.951. The van der Waals surface area contributed by atoms with Gasteiger partial charge in [-0.1, -0.05) is 6.92 Å². The minimum atomic E-state index is -0.951. The van der Waals surface area contributed by atoms with Crippen LogP contribution >= 0.6 is 11.3 Å². The largest absolute Gasteiger partial charge is 0.311 e. The molecule has 2 aliphatic heterocycles. The van der Waals surface area contributed by atoms with Crippen molar-refractivity contribution in [3.63, 3.8) is 0 Å². The van der Waals surface area contributed by atoms with Crippen LogP contribution in [0, 0.1) is 0 Å². The maximum absolute atomic E-state index is 14.9. The summed E-state index contributed by atoms with van der Waals surface area (Å²) in [5, 5.41) is 3.51. The third-order valence-electron chi connectivity index (χ3n) is 4.12. The Kier molecular flexibility index (Phi) is 2.99. The van der Waals surface area contributed by atoms with Gasteiger partial charge in [-0.25, -0.2) is 4.39 Å². The summed E-state index contributed by atoms with van der Waals surface area (Å²) in [4.78, 5) is 2.60. The van der Waals surface area contributed by atoms with Crippen LogP contribution < -0.4 is 5.32 Å². The number of fused-ring (bicyclic) bond motifs is 2. The standard InChI is InChI=1S/C14H20FNS/c1-2-12-5-6-13(17-12)9-14(15)7-10-3-4-11(8-14)16-10/h5-6,10-11,16H,2-4,7-9H2,1H3. The highest BCUT2D eigenvalue weighted by molar-refractivity contribution is 7.12. The highest BCUT2D eigenvalue weighted by Gasteiger charge is 2.44. The molecule has 1 aromatic rings. The van der Waals surface area contributed by atoms with Crippen LogP contribution in [-0.2, 0) is 12.8 Å². The number of aryl methyl sites for hydroxylation is 1. The third kappa shape index (κ3) is 2.41. The zero-order chi connectivity index (χ0) is 11.9. The van der Waals surface area contributed by atoms with E-state index in [1.54, 1.807) is 11.3 Å². The molecule has 2 fully saturated rings. The molecule has 0 spiro atoms. The Hall–Kier alpha value is -0.410. The van der Waals surface area contributed by atoms with Crippen molar-refractivity contribution in [3.05, 3.63) is 21.9 Å². The molecular weight excluding hydrogens is 233 g/mol. The first-order valence-electron chi connectivity index (χ1n) is 6.69. The molecule has 0 amide bonds. The zero-order valence-electron chi connectivity index (χ0n) is 10.3. The second-order valence-corrected chi connectivity index (χ2v) is 6.85. The predicted octanol–water partition coefficient (Wildman–Crippen LogP) is 3.48. The summed E-state index contributed by atoms with van der Waals surface area (Å²) in [5.74, 6) is 0. The molecule has 0 aliphatic carbocycles. The molecule has 3 heteroatoms. The first-order chi connectivity index (χ1) is 8.17. The second kappa shape index (κ2) is 4.36. The lowest BCUT2D eigenvalue weighted by Crippen LogP contribution is -2.47. The molecule has 0 radical (unpaired) electrons. The van der Waals surface area contributed by atoms with Crippen molar-refractivity contribution in [2.45, 2.75) is 63.2 Å². The zero-order valence-corrected chi connectivity index (χ0v) is 11.2. The van der Waals surface area contributed by atoms with E-state index in [2.05, 4.69) is 24.4 Å². The molecule has 3 heterocycles. The van der Waals surface area contributed by atoms with Gasteiger partial charge in [0.05, 0.1) is 0 Å². The molecule has 0 aromatic carbocycles. The van der Waals surface area contributed by atoms with Gasteiger partial charge in [0.15, 0.2) is 0 Å². The molecule has 2 bridgehead atoms. The van der Waals surface area contributed by atoms with Gasteiger partial charge in [-0.05, 0) is 44.2 Å². The molecule has 17 heavy (non-hydrogen) atoms. The van der Waals surface area contributed by atoms with Gasteiger partial charge in [0.25, 0.3) is 0 Å². The van der Waals surface area contributed by atoms with Gasteiger partial charge in [0.2, 0.25) is 0 Å². The Morgan fingerprint density at radius 2 is 1.94 bits per heavy atom. The number of hydrogen-bond acceptors (Lipinski definition) is 2. The quantitative estimate of drug-likeness (QED) is 0.869. The number of halogens is 1. The fraction of sp³-hybridized carbons (Fsp3) is 0.714. The number of nitrogens with one attached hydrogen (secondary N) is 1. The summed E-state index contributed by atoms with van der Waals surface area (Å²) < 4.78 is 14.9. The SMILES string of the molecule is CCc1ccc(CC2(F)CC3CCC(C2)N3)s1. The molecule has 3 rings (SSSR count). The van der Waals surface area contributed by atoms with Crippen LogP contribution in [0.5, 0.6) is 0 Å². The van der Waals surface area contributed by atoms with Crippen molar-refractivity contribution in [1.82, 2.24) is 5.32 Å². The Bertz CT molecular complexity index is 389. The molecule has 1 aromatic heterocycles. The van der Waals surface area contributed by atoms with E-state index >= 15 is 0 Å². The van der Waals surface area contributed by atoms with Crippen molar-refractivity contribution >= 4 is 11.3 Å². The highest BCUT2D eigenvalue weighted by atomic mass is 32.1. The third-order valence-corrected chi connectivity index (χ3v) is 5.35. The number of hydrogen-bond donors (Lipinski definition) is 1. The van der Waals surface area contributed by atoms with Crippen LogP contribution in [0.1, 0.15) is 42.4 Å². The van der Waals surface area contributed by atoms with Crippen LogP contribution in [0.15, 0.2) is 12.1 Å². The molecular formula is C14H20FNS. The average Bonchev–Trinajstić information content (AvgIpc) is 2.85. The van der Waals surface area contributed by atoms with Crippen LogP contribution in [-0.4, -0.2) is 17.8 Å². The molecule has 0 saturated carbocycles. The molecule has 2 unspecified atom stereocenters. The van der Waals surface area contributed by atoms with Gasteiger partial charge in [-0.2, -0.15) is 0 Å². The molecule has 2 saturated heterocycles. The fourth-order valence-electron chi connectivity index (χ4n) is 3.35. The highest BCUT2D eigenvalue weighted by Crippen LogP contribution is 2.39. The second-order valence-electron chi connectivity index (χ2n) is 5.60. The summed E-state index contributed by atoms with van der Waals surface area (Å²) in [6.07, 6.45) is 5.46. The normalized spacial score (nSPS) is 36.4. The monoisotopic (exact) mass is 253 g/mol. The summed E-state index contributed by atoms with van der Waals surface area (Å²) in [6, 6.07) is 5.14. The Balaban J connectivity index is 1.71. The topological polar surface area (TPSA) is 12.0 Å². The van der Waals surface area contributed by atoms with Gasteiger partial charge < -0.3 is 5.32 Å². The van der Waals surface area contributed by atoms with Gasteiger partial charge >= 0.3 is 0 Å². The van der Waals surface area contributed by atoms with E-state index in [1.807, 2.05) is 0 Å². The Morgan fingerprint density at radius 3 is 2.53 bits per heavy atom. The van der Waals surface area contributed by atoms with Gasteiger partial charge in [-0.15, -0.1) is 11.3 Å². The molecule has 2 atom stereocenters. The van der Waals surface area contributed by atoms with E-state index < -0.39 is 5.67 Å². The van der Waals surface area contributed by atoms with Crippen LogP contribution in [0.3, 0.4) is 0 Å². The fourth-order valence-corrected chi connectivity index (χ4v) is 4.44.